The maximum absolute atomic E-state index is 12.0. The molecule has 2 heterocycles. The number of aryl methyl sites for hydroxylation is 1. The second kappa shape index (κ2) is 4.75. The molecule has 0 saturated carbocycles. The third-order valence-corrected chi connectivity index (χ3v) is 4.28. The van der Waals surface area contributed by atoms with Crippen molar-refractivity contribution < 1.29 is 0 Å². The van der Waals surface area contributed by atoms with Crippen LogP contribution in [0.4, 0.5) is 10.8 Å². The second-order valence-electron chi connectivity index (χ2n) is 3.91. The van der Waals surface area contributed by atoms with E-state index in [1.54, 1.807) is 6.92 Å². The Morgan fingerprint density at radius 2 is 2.05 bits per heavy atom. The van der Waals surface area contributed by atoms with Crippen LogP contribution >= 0.6 is 27.3 Å². The smallest absolute Gasteiger partial charge is 0.289 e. The number of nitrogens with zero attached hydrogens (tertiary/aromatic N) is 3. The first-order valence-electron chi connectivity index (χ1n) is 5.53. The van der Waals surface area contributed by atoms with Crippen molar-refractivity contribution in [2.24, 2.45) is 0 Å². The van der Waals surface area contributed by atoms with Gasteiger partial charge in [-0.15, -0.1) is 5.10 Å². The summed E-state index contributed by atoms with van der Waals surface area (Å²) in [7, 11) is 0. The molecule has 2 aromatic heterocycles. The minimum absolute atomic E-state index is 0.195. The zero-order valence-electron chi connectivity index (χ0n) is 9.92. The lowest BCUT2D eigenvalue weighted by Gasteiger charge is -1.99. The molecule has 0 radical (unpaired) electrons. The molecule has 0 saturated heterocycles. The quantitative estimate of drug-likeness (QED) is 0.781. The molecule has 0 aliphatic carbocycles. The van der Waals surface area contributed by atoms with Gasteiger partial charge in [-0.05, 0) is 35.0 Å². The Balaban J connectivity index is 2.08. The van der Waals surface area contributed by atoms with Gasteiger partial charge in [-0.1, -0.05) is 29.5 Å². The average molecular weight is 337 g/mol. The van der Waals surface area contributed by atoms with Gasteiger partial charge in [-0.2, -0.15) is 4.52 Å². The molecule has 7 heteroatoms. The van der Waals surface area contributed by atoms with E-state index < -0.39 is 0 Å². The van der Waals surface area contributed by atoms with E-state index in [2.05, 4.69) is 31.3 Å². The van der Waals surface area contributed by atoms with Gasteiger partial charge in [-0.3, -0.25) is 4.79 Å². The van der Waals surface area contributed by atoms with Crippen LogP contribution in [-0.4, -0.2) is 14.6 Å². The zero-order chi connectivity index (χ0) is 13.4. The number of hydrogen-bond acceptors (Lipinski definition) is 5. The molecule has 96 valence electrons. The maximum Gasteiger partial charge on any atom is 0.289 e. The summed E-state index contributed by atoms with van der Waals surface area (Å²) in [6.45, 7) is 1.79. The molecular weight excluding hydrogens is 328 g/mol. The van der Waals surface area contributed by atoms with Gasteiger partial charge in [-0.25, -0.2) is 4.98 Å². The number of nitrogens with one attached hydrogen (secondary N) is 1. The molecule has 19 heavy (non-hydrogen) atoms. The molecule has 0 unspecified atom stereocenters. The molecular formula is C12H9BrN4OS. The number of rotatable bonds is 2. The van der Waals surface area contributed by atoms with E-state index in [1.807, 2.05) is 30.3 Å². The Bertz CT molecular complexity index is 797. The van der Waals surface area contributed by atoms with Gasteiger partial charge in [0.05, 0.1) is 5.69 Å². The van der Waals surface area contributed by atoms with Crippen molar-refractivity contribution in [3.8, 4) is 0 Å². The first-order valence-corrected chi connectivity index (χ1v) is 7.14. The van der Waals surface area contributed by atoms with Crippen LogP contribution in [0.1, 0.15) is 5.69 Å². The Labute approximate surface area is 121 Å². The molecule has 3 aromatic rings. The molecule has 3 rings (SSSR count). The zero-order valence-corrected chi connectivity index (χ0v) is 12.3. The van der Waals surface area contributed by atoms with E-state index in [1.165, 1.54) is 15.9 Å². The molecule has 5 nitrogen and oxygen atoms in total. The lowest BCUT2D eigenvalue weighted by molar-refractivity contribution is 0.884. The Morgan fingerprint density at radius 1 is 1.32 bits per heavy atom. The van der Waals surface area contributed by atoms with Crippen molar-refractivity contribution >= 4 is 43.0 Å². The molecule has 0 bridgehead atoms. The van der Waals surface area contributed by atoms with E-state index in [0.717, 1.165) is 5.69 Å². The van der Waals surface area contributed by atoms with Gasteiger partial charge < -0.3 is 5.32 Å². The fraction of sp³-hybridized carbons (Fsp3) is 0.0833. The standard InChI is InChI=1S/C12H9BrN4OS/c1-7-9(13)10(18)17-12(14-7)19-11(16-17)15-8-5-3-2-4-6-8/h2-6H,1H3,(H,15,16). The topological polar surface area (TPSA) is 59.3 Å². The number of halogens is 1. The minimum Gasteiger partial charge on any atom is -0.330 e. The lowest BCUT2D eigenvalue weighted by Crippen LogP contribution is -2.17. The largest absolute Gasteiger partial charge is 0.330 e. The summed E-state index contributed by atoms with van der Waals surface area (Å²) >= 11 is 4.56. The van der Waals surface area contributed by atoms with Gasteiger partial charge in [0, 0.05) is 5.69 Å². The molecule has 0 fully saturated rings. The van der Waals surface area contributed by atoms with Crippen molar-refractivity contribution in [3.63, 3.8) is 0 Å². The highest BCUT2D eigenvalue weighted by Crippen LogP contribution is 2.22. The summed E-state index contributed by atoms with van der Waals surface area (Å²) in [4.78, 5) is 16.9. The third-order valence-electron chi connectivity index (χ3n) is 2.55. The molecule has 0 spiro atoms. The van der Waals surface area contributed by atoms with Crippen LogP contribution in [0.3, 0.4) is 0 Å². The third kappa shape index (κ3) is 2.26. The van der Waals surface area contributed by atoms with Crippen LogP contribution in [0.15, 0.2) is 39.6 Å². The second-order valence-corrected chi connectivity index (χ2v) is 5.66. The molecule has 1 aromatic carbocycles. The molecule has 0 aliphatic heterocycles. The van der Waals surface area contributed by atoms with E-state index >= 15 is 0 Å². The van der Waals surface area contributed by atoms with Gasteiger partial charge in [0.25, 0.3) is 5.56 Å². The monoisotopic (exact) mass is 336 g/mol. The lowest BCUT2D eigenvalue weighted by atomic mass is 10.3. The van der Waals surface area contributed by atoms with Crippen molar-refractivity contribution in [1.29, 1.82) is 0 Å². The van der Waals surface area contributed by atoms with Gasteiger partial charge in [0.1, 0.15) is 4.47 Å². The van der Waals surface area contributed by atoms with Crippen LogP contribution in [0, 0.1) is 6.92 Å². The normalized spacial score (nSPS) is 10.8. The number of para-hydroxylation sites is 1. The minimum atomic E-state index is -0.195. The fourth-order valence-corrected chi connectivity index (χ4v) is 2.74. The number of anilines is 2. The van der Waals surface area contributed by atoms with Crippen LogP contribution in [0.5, 0.6) is 0 Å². The van der Waals surface area contributed by atoms with Crippen LogP contribution in [-0.2, 0) is 0 Å². The summed E-state index contributed by atoms with van der Waals surface area (Å²) in [6, 6.07) is 9.67. The van der Waals surface area contributed by atoms with Crippen molar-refractivity contribution in [2.45, 2.75) is 6.92 Å². The highest BCUT2D eigenvalue weighted by atomic mass is 79.9. The summed E-state index contributed by atoms with van der Waals surface area (Å²) in [6.07, 6.45) is 0. The Kier molecular flexibility index (Phi) is 3.08. The molecule has 1 N–H and O–H groups in total. The Morgan fingerprint density at radius 3 is 2.79 bits per heavy atom. The van der Waals surface area contributed by atoms with Gasteiger partial charge in [0.2, 0.25) is 10.1 Å². The van der Waals surface area contributed by atoms with Crippen LogP contribution in [0.25, 0.3) is 4.96 Å². The van der Waals surface area contributed by atoms with Gasteiger partial charge >= 0.3 is 0 Å². The van der Waals surface area contributed by atoms with E-state index in [9.17, 15) is 4.79 Å². The summed E-state index contributed by atoms with van der Waals surface area (Å²) in [5, 5.41) is 8.01. The SMILES string of the molecule is Cc1nc2sc(Nc3ccccc3)nn2c(=O)c1Br. The van der Waals surface area contributed by atoms with E-state index in [-0.39, 0.29) is 5.56 Å². The van der Waals surface area contributed by atoms with Crippen molar-refractivity contribution in [2.75, 3.05) is 5.32 Å². The van der Waals surface area contributed by atoms with E-state index in [0.29, 0.717) is 20.3 Å². The highest BCUT2D eigenvalue weighted by Gasteiger charge is 2.11. The predicted octanol–water partition coefficient (Wildman–Crippen LogP) is 2.97. The molecule has 0 aliphatic rings. The number of benzene rings is 1. The Hall–Kier alpha value is -1.73. The summed E-state index contributed by atoms with van der Waals surface area (Å²) in [5.74, 6) is 0. The van der Waals surface area contributed by atoms with Crippen molar-refractivity contribution in [1.82, 2.24) is 14.6 Å². The highest BCUT2D eigenvalue weighted by molar-refractivity contribution is 9.10. The molecule has 0 amide bonds. The summed E-state index contributed by atoms with van der Waals surface area (Å²) < 4.78 is 1.74. The predicted molar refractivity (Wildman–Crippen MR) is 79.3 cm³/mol. The maximum atomic E-state index is 12.0. The van der Waals surface area contributed by atoms with Crippen molar-refractivity contribution in [3.05, 3.63) is 50.9 Å². The van der Waals surface area contributed by atoms with Crippen LogP contribution in [0.2, 0.25) is 0 Å². The van der Waals surface area contributed by atoms with E-state index in [4.69, 9.17) is 0 Å². The first kappa shape index (κ1) is 12.3. The first-order chi connectivity index (χ1) is 9.15. The molecule has 0 atom stereocenters. The number of aromatic nitrogens is 3. The van der Waals surface area contributed by atoms with Crippen LogP contribution < -0.4 is 10.9 Å². The fourth-order valence-electron chi connectivity index (χ4n) is 1.62. The number of fused-ring (bicyclic) bond motifs is 1. The number of hydrogen-bond donors (Lipinski definition) is 1. The summed E-state index contributed by atoms with van der Waals surface area (Å²) in [5.41, 5.74) is 1.39. The average Bonchev–Trinajstić information content (AvgIpc) is 2.80. The van der Waals surface area contributed by atoms with Gasteiger partial charge in [0.15, 0.2) is 0 Å².